The van der Waals surface area contributed by atoms with Crippen LogP contribution in [0.25, 0.3) is 0 Å². The molecule has 0 unspecified atom stereocenters. The fourth-order valence-corrected chi connectivity index (χ4v) is 1.66. The first-order chi connectivity index (χ1) is 8.54. The third kappa shape index (κ3) is 4.33. The van der Waals surface area contributed by atoms with Crippen LogP contribution >= 0.6 is 0 Å². The first kappa shape index (κ1) is 14.4. The average molecular weight is 250 g/mol. The van der Waals surface area contributed by atoms with Crippen LogP contribution in [0.2, 0.25) is 0 Å². The summed E-state index contributed by atoms with van der Waals surface area (Å²) in [5.41, 5.74) is 6.37. The van der Waals surface area contributed by atoms with Gasteiger partial charge in [-0.15, -0.1) is 0 Å². The number of primary amides is 1. The highest BCUT2D eigenvalue weighted by atomic mass is 16.1. The van der Waals surface area contributed by atoms with E-state index in [2.05, 4.69) is 17.2 Å². The lowest BCUT2D eigenvalue weighted by Gasteiger charge is -2.26. The van der Waals surface area contributed by atoms with E-state index in [0.29, 0.717) is 0 Å². The molecule has 0 aliphatic carbocycles. The topological polar surface area (TPSA) is 71.2 Å². The van der Waals surface area contributed by atoms with Gasteiger partial charge in [0.2, 0.25) is 5.91 Å². The second kappa shape index (κ2) is 6.96. The van der Waals surface area contributed by atoms with Gasteiger partial charge in [-0.05, 0) is 32.0 Å². The Bertz CT molecular complexity index is 375. The van der Waals surface area contributed by atoms with Crippen molar-refractivity contribution in [2.24, 2.45) is 5.73 Å². The molecule has 0 radical (unpaired) electrons. The molecular weight excluding hydrogens is 228 g/mol. The van der Waals surface area contributed by atoms with Crippen molar-refractivity contribution >= 4 is 11.7 Å². The predicted octanol–water partition coefficient (Wildman–Crippen LogP) is 0.891. The molecule has 1 heterocycles. The Morgan fingerprint density at radius 3 is 2.67 bits per heavy atom. The largest absolute Gasteiger partial charge is 0.368 e. The molecule has 0 saturated heterocycles. The minimum Gasteiger partial charge on any atom is -0.368 e. The van der Waals surface area contributed by atoms with Gasteiger partial charge in [-0.2, -0.15) is 0 Å². The van der Waals surface area contributed by atoms with E-state index in [0.717, 1.165) is 24.5 Å². The summed E-state index contributed by atoms with van der Waals surface area (Å²) < 4.78 is 0. The van der Waals surface area contributed by atoms with Gasteiger partial charge in [-0.1, -0.05) is 13.0 Å². The van der Waals surface area contributed by atoms with Crippen molar-refractivity contribution in [3.63, 3.8) is 0 Å². The number of anilines is 1. The minimum absolute atomic E-state index is 0.185. The standard InChI is InChI=1S/C13H22N4O/c1-4-15-7-11-5-6-13(16-8-11)17(10(2)3)9-12(14)18/h5-6,8,10,15H,4,7,9H2,1-3H3,(H2,14,18). The van der Waals surface area contributed by atoms with Gasteiger partial charge in [-0.25, -0.2) is 4.98 Å². The van der Waals surface area contributed by atoms with E-state index >= 15 is 0 Å². The third-order valence-corrected chi connectivity index (χ3v) is 2.63. The molecule has 100 valence electrons. The Balaban J connectivity index is 2.77. The van der Waals surface area contributed by atoms with Gasteiger partial charge in [0.25, 0.3) is 0 Å². The summed E-state index contributed by atoms with van der Waals surface area (Å²) in [5, 5.41) is 3.24. The number of aromatic nitrogens is 1. The average Bonchev–Trinajstić information content (AvgIpc) is 2.34. The lowest BCUT2D eigenvalue weighted by atomic mass is 10.2. The van der Waals surface area contributed by atoms with Gasteiger partial charge < -0.3 is 16.0 Å². The van der Waals surface area contributed by atoms with Crippen molar-refractivity contribution in [3.05, 3.63) is 23.9 Å². The van der Waals surface area contributed by atoms with Crippen molar-refractivity contribution in [1.82, 2.24) is 10.3 Å². The van der Waals surface area contributed by atoms with Crippen LogP contribution in [0, 0.1) is 0 Å². The molecule has 1 rings (SSSR count). The van der Waals surface area contributed by atoms with Crippen LogP contribution in [0.15, 0.2) is 18.3 Å². The molecular formula is C13H22N4O. The summed E-state index contributed by atoms with van der Waals surface area (Å²) in [4.78, 5) is 17.3. The highest BCUT2D eigenvalue weighted by Crippen LogP contribution is 2.14. The molecule has 5 heteroatoms. The van der Waals surface area contributed by atoms with Crippen LogP contribution in [0.3, 0.4) is 0 Å². The molecule has 0 aromatic carbocycles. The number of pyridine rings is 1. The van der Waals surface area contributed by atoms with Gasteiger partial charge in [-0.3, -0.25) is 4.79 Å². The fourth-order valence-electron chi connectivity index (χ4n) is 1.66. The zero-order valence-corrected chi connectivity index (χ0v) is 11.3. The van der Waals surface area contributed by atoms with Gasteiger partial charge in [0, 0.05) is 18.8 Å². The monoisotopic (exact) mass is 250 g/mol. The van der Waals surface area contributed by atoms with Crippen LogP contribution in [-0.4, -0.2) is 30.0 Å². The molecule has 1 amide bonds. The summed E-state index contributed by atoms with van der Waals surface area (Å²) >= 11 is 0. The molecule has 0 saturated carbocycles. The molecule has 18 heavy (non-hydrogen) atoms. The number of hydrogen-bond acceptors (Lipinski definition) is 4. The van der Waals surface area contributed by atoms with E-state index in [1.165, 1.54) is 0 Å². The minimum atomic E-state index is -0.345. The summed E-state index contributed by atoms with van der Waals surface area (Å²) in [5.74, 6) is 0.436. The van der Waals surface area contributed by atoms with E-state index in [4.69, 9.17) is 5.73 Å². The number of carbonyl (C=O) groups is 1. The first-order valence-electron chi connectivity index (χ1n) is 6.25. The summed E-state index contributed by atoms with van der Waals surface area (Å²) in [6, 6.07) is 4.13. The van der Waals surface area contributed by atoms with Crippen molar-refractivity contribution in [2.45, 2.75) is 33.4 Å². The highest BCUT2D eigenvalue weighted by molar-refractivity contribution is 5.79. The van der Waals surface area contributed by atoms with Crippen LogP contribution in [0.1, 0.15) is 26.3 Å². The van der Waals surface area contributed by atoms with Gasteiger partial charge in [0.15, 0.2) is 0 Å². The molecule has 0 bridgehead atoms. The molecule has 1 aromatic rings. The summed E-state index contributed by atoms with van der Waals surface area (Å²) in [7, 11) is 0. The quantitative estimate of drug-likeness (QED) is 0.754. The molecule has 3 N–H and O–H groups in total. The van der Waals surface area contributed by atoms with Crippen LogP contribution in [0.4, 0.5) is 5.82 Å². The third-order valence-electron chi connectivity index (χ3n) is 2.63. The number of nitrogens with two attached hydrogens (primary N) is 1. The number of nitrogens with one attached hydrogen (secondary N) is 1. The molecule has 0 fully saturated rings. The van der Waals surface area contributed by atoms with E-state index in [1.54, 1.807) is 0 Å². The Hall–Kier alpha value is -1.62. The summed E-state index contributed by atoms with van der Waals surface area (Å²) in [6.07, 6.45) is 1.83. The lowest BCUT2D eigenvalue weighted by Crippen LogP contribution is -2.39. The number of nitrogens with zero attached hydrogens (tertiary/aromatic N) is 2. The maximum atomic E-state index is 11.0. The Kier molecular flexibility index (Phi) is 5.58. The number of hydrogen-bond donors (Lipinski definition) is 2. The van der Waals surface area contributed by atoms with E-state index < -0.39 is 0 Å². The predicted molar refractivity (Wildman–Crippen MR) is 73.3 cm³/mol. The molecule has 0 spiro atoms. The molecule has 5 nitrogen and oxygen atoms in total. The Labute approximate surface area is 108 Å². The van der Waals surface area contributed by atoms with E-state index in [9.17, 15) is 4.79 Å². The Morgan fingerprint density at radius 2 is 2.22 bits per heavy atom. The number of amides is 1. The van der Waals surface area contributed by atoms with Crippen molar-refractivity contribution < 1.29 is 4.79 Å². The maximum Gasteiger partial charge on any atom is 0.237 e. The molecule has 1 aromatic heterocycles. The molecule has 0 atom stereocenters. The van der Waals surface area contributed by atoms with Gasteiger partial charge in [0.1, 0.15) is 5.82 Å². The van der Waals surface area contributed by atoms with Gasteiger partial charge >= 0.3 is 0 Å². The smallest absolute Gasteiger partial charge is 0.237 e. The van der Waals surface area contributed by atoms with Crippen LogP contribution in [-0.2, 0) is 11.3 Å². The lowest BCUT2D eigenvalue weighted by molar-refractivity contribution is -0.116. The number of carbonyl (C=O) groups excluding carboxylic acids is 1. The number of rotatable bonds is 7. The van der Waals surface area contributed by atoms with Gasteiger partial charge in [0.05, 0.1) is 6.54 Å². The normalized spacial score (nSPS) is 10.7. The Morgan fingerprint density at radius 1 is 1.50 bits per heavy atom. The zero-order chi connectivity index (χ0) is 13.5. The second-order valence-corrected chi connectivity index (χ2v) is 4.49. The van der Waals surface area contributed by atoms with Crippen molar-refractivity contribution in [2.75, 3.05) is 18.0 Å². The van der Waals surface area contributed by atoms with Crippen molar-refractivity contribution in [3.8, 4) is 0 Å². The fraction of sp³-hybridized carbons (Fsp3) is 0.538. The highest BCUT2D eigenvalue weighted by Gasteiger charge is 2.13. The zero-order valence-electron chi connectivity index (χ0n) is 11.3. The first-order valence-corrected chi connectivity index (χ1v) is 6.25. The van der Waals surface area contributed by atoms with E-state index in [1.807, 2.05) is 37.1 Å². The van der Waals surface area contributed by atoms with Crippen LogP contribution < -0.4 is 16.0 Å². The van der Waals surface area contributed by atoms with Crippen molar-refractivity contribution in [1.29, 1.82) is 0 Å². The molecule has 0 aliphatic heterocycles. The molecule has 0 aliphatic rings. The second-order valence-electron chi connectivity index (χ2n) is 4.49. The SMILES string of the molecule is CCNCc1ccc(N(CC(N)=O)C(C)C)nc1. The van der Waals surface area contributed by atoms with Crippen LogP contribution in [0.5, 0.6) is 0 Å². The maximum absolute atomic E-state index is 11.0. The van der Waals surface area contributed by atoms with E-state index in [-0.39, 0.29) is 18.5 Å². The summed E-state index contributed by atoms with van der Waals surface area (Å²) in [6.45, 7) is 8.02.